The Kier molecular flexibility index (Phi) is 16.4. The highest BCUT2D eigenvalue weighted by Gasteiger charge is 2.08. The fourth-order valence-electron chi connectivity index (χ4n) is 3.00. The normalized spacial score (nSPS) is 12.2. The molecular weight excluding hydrogens is 292 g/mol. The maximum atomic E-state index is 5.72. The van der Waals surface area contributed by atoms with Crippen molar-refractivity contribution in [1.29, 1.82) is 0 Å². The molecule has 0 bridgehead atoms. The minimum Gasteiger partial charge on any atom is -0.381 e. The zero-order valence-electron chi connectivity index (χ0n) is 17.8. The molecule has 0 atom stereocenters. The van der Waals surface area contributed by atoms with Gasteiger partial charge in [0.1, 0.15) is 0 Å². The van der Waals surface area contributed by atoms with E-state index in [2.05, 4.69) is 34.6 Å². The van der Waals surface area contributed by atoms with E-state index in [0.29, 0.717) is 5.41 Å². The van der Waals surface area contributed by atoms with E-state index >= 15 is 0 Å². The molecule has 146 valence electrons. The maximum absolute atomic E-state index is 5.72. The molecular formula is C23H48O. The van der Waals surface area contributed by atoms with Gasteiger partial charge in [0.05, 0.1) is 0 Å². The summed E-state index contributed by atoms with van der Waals surface area (Å²) in [5.74, 6) is 0.889. The van der Waals surface area contributed by atoms with E-state index < -0.39 is 0 Å². The lowest BCUT2D eigenvalue weighted by Gasteiger charge is -2.17. The first-order valence-electron chi connectivity index (χ1n) is 11.0. The number of hydrogen-bond acceptors (Lipinski definition) is 1. The van der Waals surface area contributed by atoms with Crippen LogP contribution in [0, 0.1) is 11.3 Å². The molecule has 24 heavy (non-hydrogen) atoms. The maximum Gasteiger partial charge on any atom is 0.0471 e. The predicted octanol–water partition coefficient (Wildman–Crippen LogP) is 8.17. The second-order valence-electron chi connectivity index (χ2n) is 9.35. The fraction of sp³-hybridized carbons (Fsp3) is 1.00. The summed E-state index contributed by atoms with van der Waals surface area (Å²) in [6, 6.07) is 0. The first-order valence-corrected chi connectivity index (χ1v) is 11.0. The van der Waals surface area contributed by atoms with Crippen LogP contribution in [0.25, 0.3) is 0 Å². The molecule has 1 nitrogen and oxygen atoms in total. The topological polar surface area (TPSA) is 9.23 Å². The summed E-state index contributed by atoms with van der Waals surface area (Å²) in [7, 11) is 0. The first kappa shape index (κ1) is 24.0. The highest BCUT2D eigenvalue weighted by Crippen LogP contribution is 2.18. The van der Waals surface area contributed by atoms with Crippen LogP contribution in [0.15, 0.2) is 0 Å². The molecule has 0 aliphatic rings. The molecule has 0 aliphatic carbocycles. The van der Waals surface area contributed by atoms with E-state index in [1.807, 2.05) is 0 Å². The first-order chi connectivity index (χ1) is 11.4. The molecule has 0 heterocycles. The smallest absolute Gasteiger partial charge is 0.0471 e. The van der Waals surface area contributed by atoms with E-state index in [1.54, 1.807) is 0 Å². The highest BCUT2D eigenvalue weighted by atomic mass is 16.5. The monoisotopic (exact) mass is 340 g/mol. The summed E-state index contributed by atoms with van der Waals surface area (Å²) in [6.07, 6.45) is 19.7. The molecule has 0 fully saturated rings. The molecule has 0 saturated heterocycles. The Balaban J connectivity index is 3.03. The van der Waals surface area contributed by atoms with Crippen LogP contribution < -0.4 is 0 Å². The molecule has 0 spiro atoms. The number of unbranched alkanes of at least 4 members (excludes halogenated alkanes) is 11. The van der Waals surface area contributed by atoms with E-state index in [9.17, 15) is 0 Å². The summed E-state index contributed by atoms with van der Waals surface area (Å²) in [4.78, 5) is 0. The lowest BCUT2D eigenvalue weighted by Crippen LogP contribution is -2.09. The van der Waals surface area contributed by atoms with E-state index in [-0.39, 0.29) is 0 Å². The Hall–Kier alpha value is -0.0400. The van der Waals surface area contributed by atoms with Gasteiger partial charge in [-0.25, -0.2) is 0 Å². The second kappa shape index (κ2) is 16.4. The van der Waals surface area contributed by atoms with Gasteiger partial charge in [-0.3, -0.25) is 0 Å². The van der Waals surface area contributed by atoms with E-state index in [1.165, 1.54) is 89.9 Å². The van der Waals surface area contributed by atoms with Gasteiger partial charge in [-0.2, -0.15) is 0 Å². The van der Waals surface area contributed by atoms with Gasteiger partial charge >= 0.3 is 0 Å². The van der Waals surface area contributed by atoms with E-state index in [4.69, 9.17) is 4.74 Å². The van der Waals surface area contributed by atoms with Crippen LogP contribution >= 0.6 is 0 Å². The van der Waals surface area contributed by atoms with Crippen LogP contribution in [0.1, 0.15) is 125 Å². The number of ether oxygens (including phenoxy) is 1. The molecule has 0 aliphatic heterocycles. The lowest BCUT2D eigenvalue weighted by molar-refractivity contribution is 0.105. The Morgan fingerprint density at radius 2 is 1.00 bits per heavy atom. The molecule has 0 unspecified atom stereocenters. The van der Waals surface area contributed by atoms with Crippen LogP contribution in [0.5, 0.6) is 0 Å². The Morgan fingerprint density at radius 3 is 1.42 bits per heavy atom. The minimum absolute atomic E-state index is 0.411. The van der Waals surface area contributed by atoms with Crippen LogP contribution in [0.4, 0.5) is 0 Å². The van der Waals surface area contributed by atoms with Gasteiger partial charge < -0.3 is 4.74 Å². The molecule has 0 saturated carbocycles. The molecule has 0 aromatic carbocycles. The van der Waals surface area contributed by atoms with Crippen molar-refractivity contribution in [3.63, 3.8) is 0 Å². The molecule has 0 rings (SSSR count). The van der Waals surface area contributed by atoms with Crippen LogP contribution in [0.3, 0.4) is 0 Å². The van der Waals surface area contributed by atoms with Gasteiger partial charge in [0, 0.05) is 13.2 Å². The lowest BCUT2D eigenvalue weighted by atomic mass is 9.93. The zero-order chi connectivity index (χ0) is 18.1. The average Bonchev–Trinajstić information content (AvgIpc) is 2.49. The summed E-state index contributed by atoms with van der Waals surface area (Å²) in [5.41, 5.74) is 0.411. The summed E-state index contributed by atoms with van der Waals surface area (Å²) >= 11 is 0. The largest absolute Gasteiger partial charge is 0.381 e. The standard InChI is InChI=1S/C23H48O/c1-22(2)18-16-14-12-10-8-6-7-9-11-13-15-17-20-24-21-19-23(3,4)5/h22H,6-21H2,1-5H3. The van der Waals surface area contributed by atoms with Crippen molar-refractivity contribution in [3.05, 3.63) is 0 Å². The van der Waals surface area contributed by atoms with Crippen molar-refractivity contribution < 1.29 is 4.74 Å². The molecule has 0 radical (unpaired) electrons. The quantitative estimate of drug-likeness (QED) is 0.243. The summed E-state index contributed by atoms with van der Waals surface area (Å²) in [6.45, 7) is 13.4. The van der Waals surface area contributed by atoms with Crippen LogP contribution in [-0.4, -0.2) is 13.2 Å². The average molecular weight is 341 g/mol. The van der Waals surface area contributed by atoms with Crippen molar-refractivity contribution in [1.82, 2.24) is 0 Å². The van der Waals surface area contributed by atoms with Gasteiger partial charge in [-0.05, 0) is 24.2 Å². The summed E-state index contributed by atoms with van der Waals surface area (Å²) in [5, 5.41) is 0. The molecule has 0 aromatic rings. The molecule has 1 heteroatoms. The van der Waals surface area contributed by atoms with Crippen molar-refractivity contribution in [2.45, 2.75) is 125 Å². The van der Waals surface area contributed by atoms with Gasteiger partial charge in [0.2, 0.25) is 0 Å². The van der Waals surface area contributed by atoms with Gasteiger partial charge in [-0.1, -0.05) is 112 Å². The number of rotatable bonds is 17. The van der Waals surface area contributed by atoms with E-state index in [0.717, 1.165) is 19.1 Å². The van der Waals surface area contributed by atoms with Gasteiger partial charge in [0.25, 0.3) is 0 Å². The Bertz CT molecular complexity index is 239. The van der Waals surface area contributed by atoms with Gasteiger partial charge in [0.15, 0.2) is 0 Å². The summed E-state index contributed by atoms with van der Waals surface area (Å²) < 4.78 is 5.72. The fourth-order valence-corrected chi connectivity index (χ4v) is 3.00. The van der Waals surface area contributed by atoms with Crippen LogP contribution in [0.2, 0.25) is 0 Å². The number of hydrogen-bond donors (Lipinski definition) is 0. The Labute approximate surface area is 154 Å². The zero-order valence-corrected chi connectivity index (χ0v) is 17.8. The highest BCUT2D eigenvalue weighted by molar-refractivity contribution is 4.59. The predicted molar refractivity (Wildman–Crippen MR) is 110 cm³/mol. The minimum atomic E-state index is 0.411. The van der Waals surface area contributed by atoms with Crippen LogP contribution in [-0.2, 0) is 4.74 Å². The molecule has 0 N–H and O–H groups in total. The third-order valence-electron chi connectivity index (χ3n) is 4.82. The third kappa shape index (κ3) is 22.0. The molecule has 0 aromatic heterocycles. The third-order valence-corrected chi connectivity index (χ3v) is 4.82. The van der Waals surface area contributed by atoms with Crippen molar-refractivity contribution >= 4 is 0 Å². The van der Waals surface area contributed by atoms with Crippen molar-refractivity contribution in [2.24, 2.45) is 11.3 Å². The second-order valence-corrected chi connectivity index (χ2v) is 9.35. The van der Waals surface area contributed by atoms with Gasteiger partial charge in [-0.15, -0.1) is 0 Å². The van der Waals surface area contributed by atoms with Crippen molar-refractivity contribution in [2.75, 3.05) is 13.2 Å². The SMILES string of the molecule is CC(C)CCCCCCCCCCCCCCOCCC(C)(C)C. The Morgan fingerprint density at radius 1 is 0.583 bits per heavy atom. The van der Waals surface area contributed by atoms with Crippen molar-refractivity contribution in [3.8, 4) is 0 Å². The molecule has 0 amide bonds.